The Balaban J connectivity index is 2.41. The number of aryl methyl sites for hydroxylation is 1. The van der Waals surface area contributed by atoms with Gasteiger partial charge in [-0.2, -0.15) is 0 Å². The monoisotopic (exact) mass is 323 g/mol. The van der Waals surface area contributed by atoms with Crippen molar-refractivity contribution in [2.45, 2.75) is 16.7 Å². The first kappa shape index (κ1) is 13.1. The lowest BCUT2D eigenvalue weighted by Gasteiger charge is -2.06. The Labute approximate surface area is 117 Å². The lowest BCUT2D eigenvalue weighted by molar-refractivity contribution is -0.387. The van der Waals surface area contributed by atoms with Gasteiger partial charge in [0.25, 0.3) is 5.69 Å². The van der Waals surface area contributed by atoms with Gasteiger partial charge in [-0.3, -0.25) is 10.1 Å². The molecular weight excluding hydrogens is 314 g/mol. The fourth-order valence-electron chi connectivity index (χ4n) is 1.51. The molecule has 0 N–H and O–H groups in total. The fraction of sp³-hybridized carbons (Fsp3) is 0.0769. The first-order chi connectivity index (χ1) is 8.58. The average molecular weight is 324 g/mol. The van der Waals surface area contributed by atoms with E-state index in [-0.39, 0.29) is 10.6 Å². The van der Waals surface area contributed by atoms with Gasteiger partial charge in [0.15, 0.2) is 0 Å². The molecule has 0 saturated heterocycles. The van der Waals surface area contributed by atoms with Gasteiger partial charge in [-0.15, -0.1) is 0 Å². The standard InChI is InChI=1S/C13H10BrNO2S/c1-9-4-2-3-5-12(9)18-13-7-6-10(14)8-11(13)15(16)17/h2-8H,1H3. The Morgan fingerprint density at radius 1 is 1.17 bits per heavy atom. The van der Waals surface area contributed by atoms with E-state index in [9.17, 15) is 10.1 Å². The van der Waals surface area contributed by atoms with Crippen molar-refractivity contribution in [1.82, 2.24) is 0 Å². The zero-order valence-electron chi connectivity index (χ0n) is 9.59. The summed E-state index contributed by atoms with van der Waals surface area (Å²) in [5.74, 6) is 0. The predicted molar refractivity (Wildman–Crippen MR) is 76.1 cm³/mol. The summed E-state index contributed by atoms with van der Waals surface area (Å²) < 4.78 is 0.711. The van der Waals surface area contributed by atoms with Crippen LogP contribution in [-0.2, 0) is 0 Å². The summed E-state index contributed by atoms with van der Waals surface area (Å²) in [7, 11) is 0. The van der Waals surface area contributed by atoms with Crippen molar-refractivity contribution in [3.63, 3.8) is 0 Å². The molecule has 0 spiro atoms. The highest BCUT2D eigenvalue weighted by Crippen LogP contribution is 2.37. The van der Waals surface area contributed by atoms with Gasteiger partial charge in [0.1, 0.15) is 0 Å². The molecule has 92 valence electrons. The van der Waals surface area contributed by atoms with Crippen LogP contribution in [0.1, 0.15) is 5.56 Å². The Bertz CT molecular complexity index is 601. The van der Waals surface area contributed by atoms with Crippen LogP contribution in [-0.4, -0.2) is 4.92 Å². The number of hydrogen-bond acceptors (Lipinski definition) is 3. The Morgan fingerprint density at radius 3 is 2.56 bits per heavy atom. The van der Waals surface area contributed by atoms with Crippen LogP contribution in [0.5, 0.6) is 0 Å². The largest absolute Gasteiger partial charge is 0.284 e. The normalized spacial score (nSPS) is 10.3. The minimum Gasteiger partial charge on any atom is -0.258 e. The van der Waals surface area contributed by atoms with Crippen LogP contribution in [0, 0.1) is 17.0 Å². The first-order valence-electron chi connectivity index (χ1n) is 5.25. The summed E-state index contributed by atoms with van der Waals surface area (Å²) >= 11 is 4.67. The summed E-state index contributed by atoms with van der Waals surface area (Å²) in [6.45, 7) is 1.99. The first-order valence-corrected chi connectivity index (χ1v) is 6.86. The van der Waals surface area contributed by atoms with Gasteiger partial charge in [0.05, 0.1) is 9.82 Å². The van der Waals surface area contributed by atoms with E-state index in [4.69, 9.17) is 0 Å². The van der Waals surface area contributed by atoms with Gasteiger partial charge < -0.3 is 0 Å². The van der Waals surface area contributed by atoms with E-state index < -0.39 is 0 Å². The molecule has 0 aliphatic rings. The molecule has 2 rings (SSSR count). The molecule has 2 aromatic rings. The van der Waals surface area contributed by atoms with Crippen LogP contribution in [0.3, 0.4) is 0 Å². The van der Waals surface area contributed by atoms with Crippen LogP contribution in [0.4, 0.5) is 5.69 Å². The molecule has 0 bridgehead atoms. The summed E-state index contributed by atoms with van der Waals surface area (Å²) in [6, 6.07) is 12.9. The van der Waals surface area contributed by atoms with E-state index in [2.05, 4.69) is 15.9 Å². The van der Waals surface area contributed by atoms with E-state index in [0.29, 0.717) is 9.37 Å². The molecule has 18 heavy (non-hydrogen) atoms. The second-order valence-electron chi connectivity index (χ2n) is 3.74. The van der Waals surface area contributed by atoms with Crippen molar-refractivity contribution in [3.8, 4) is 0 Å². The molecule has 0 aliphatic heterocycles. The summed E-state index contributed by atoms with van der Waals surface area (Å²) in [6.07, 6.45) is 0. The molecule has 3 nitrogen and oxygen atoms in total. The van der Waals surface area contributed by atoms with Crippen LogP contribution >= 0.6 is 27.7 Å². The maximum Gasteiger partial charge on any atom is 0.284 e. The van der Waals surface area contributed by atoms with Gasteiger partial charge in [0.2, 0.25) is 0 Å². The number of nitrogens with zero attached hydrogens (tertiary/aromatic N) is 1. The maximum atomic E-state index is 11.0. The van der Waals surface area contributed by atoms with Gasteiger partial charge in [0, 0.05) is 15.4 Å². The molecule has 0 aromatic heterocycles. The van der Waals surface area contributed by atoms with Crippen molar-refractivity contribution in [2.75, 3.05) is 0 Å². The Hall–Kier alpha value is -1.33. The number of halogens is 1. The molecule has 0 fully saturated rings. The molecule has 0 amide bonds. The minimum absolute atomic E-state index is 0.123. The van der Waals surface area contributed by atoms with Crippen LogP contribution in [0.2, 0.25) is 0 Å². The quantitative estimate of drug-likeness (QED) is 0.601. The Kier molecular flexibility index (Phi) is 4.04. The number of nitro benzene ring substituents is 1. The molecule has 5 heteroatoms. The molecule has 0 unspecified atom stereocenters. The number of rotatable bonds is 3. The predicted octanol–water partition coefficient (Wildman–Crippen LogP) is 4.82. The van der Waals surface area contributed by atoms with Gasteiger partial charge >= 0.3 is 0 Å². The second-order valence-corrected chi connectivity index (χ2v) is 5.74. The summed E-state index contributed by atoms with van der Waals surface area (Å²) in [4.78, 5) is 12.3. The van der Waals surface area contributed by atoms with E-state index in [0.717, 1.165) is 10.5 Å². The minimum atomic E-state index is -0.356. The SMILES string of the molecule is Cc1ccccc1Sc1ccc(Br)cc1[N+](=O)[O-]. The van der Waals surface area contributed by atoms with E-state index in [1.807, 2.05) is 37.3 Å². The molecule has 0 aliphatic carbocycles. The number of hydrogen-bond donors (Lipinski definition) is 0. The summed E-state index contributed by atoms with van der Waals surface area (Å²) in [5, 5.41) is 11.0. The second kappa shape index (κ2) is 5.54. The van der Waals surface area contributed by atoms with Crippen molar-refractivity contribution < 1.29 is 4.92 Å². The van der Waals surface area contributed by atoms with Crippen LogP contribution in [0.15, 0.2) is 56.7 Å². The molecule has 0 radical (unpaired) electrons. The summed E-state index contributed by atoms with van der Waals surface area (Å²) in [5.41, 5.74) is 1.23. The number of benzene rings is 2. The third-order valence-corrected chi connectivity index (χ3v) is 4.17. The highest BCUT2D eigenvalue weighted by Gasteiger charge is 2.15. The third kappa shape index (κ3) is 2.91. The molecule has 2 aromatic carbocycles. The fourth-order valence-corrected chi connectivity index (χ4v) is 2.84. The van der Waals surface area contributed by atoms with Crippen molar-refractivity contribution >= 4 is 33.4 Å². The molecule has 0 atom stereocenters. The van der Waals surface area contributed by atoms with Gasteiger partial charge in [-0.05, 0) is 30.7 Å². The van der Waals surface area contributed by atoms with E-state index in [1.54, 1.807) is 6.07 Å². The zero-order valence-corrected chi connectivity index (χ0v) is 12.0. The highest BCUT2D eigenvalue weighted by molar-refractivity contribution is 9.10. The van der Waals surface area contributed by atoms with E-state index in [1.165, 1.54) is 17.8 Å². The Morgan fingerprint density at radius 2 is 1.89 bits per heavy atom. The van der Waals surface area contributed by atoms with Gasteiger partial charge in [-0.1, -0.05) is 45.9 Å². The molecular formula is C13H10BrNO2S. The lowest BCUT2D eigenvalue weighted by atomic mass is 10.2. The zero-order chi connectivity index (χ0) is 13.1. The number of nitro groups is 1. The van der Waals surface area contributed by atoms with E-state index >= 15 is 0 Å². The van der Waals surface area contributed by atoms with Gasteiger partial charge in [-0.25, -0.2) is 0 Å². The van der Waals surface area contributed by atoms with Crippen LogP contribution in [0.25, 0.3) is 0 Å². The molecule has 0 heterocycles. The van der Waals surface area contributed by atoms with Crippen molar-refractivity contribution in [3.05, 3.63) is 62.6 Å². The maximum absolute atomic E-state index is 11.0. The highest BCUT2D eigenvalue weighted by atomic mass is 79.9. The smallest absolute Gasteiger partial charge is 0.258 e. The average Bonchev–Trinajstić information content (AvgIpc) is 2.34. The van der Waals surface area contributed by atoms with Crippen molar-refractivity contribution in [2.24, 2.45) is 0 Å². The molecule has 0 saturated carbocycles. The van der Waals surface area contributed by atoms with Crippen LogP contribution < -0.4 is 0 Å². The third-order valence-electron chi connectivity index (χ3n) is 2.43. The topological polar surface area (TPSA) is 43.1 Å². The van der Waals surface area contributed by atoms with Crippen molar-refractivity contribution in [1.29, 1.82) is 0 Å². The lowest BCUT2D eigenvalue weighted by Crippen LogP contribution is -1.91.